The van der Waals surface area contributed by atoms with Gasteiger partial charge in [-0.25, -0.2) is 0 Å². The molecule has 1 heteroatoms. The first-order valence-corrected chi connectivity index (χ1v) is 5.41. The molecule has 1 atom stereocenters. The summed E-state index contributed by atoms with van der Waals surface area (Å²) in [6.45, 7) is 6.19. The van der Waals surface area contributed by atoms with E-state index in [2.05, 4.69) is 13.0 Å². The molecular weight excluding hydrogens is 172 g/mol. The number of fused-ring (bicyclic) bond motifs is 1. The minimum absolute atomic E-state index is 0.309. The summed E-state index contributed by atoms with van der Waals surface area (Å²) in [5.74, 6) is 0.864. The van der Waals surface area contributed by atoms with Crippen molar-refractivity contribution in [1.82, 2.24) is 0 Å². The Morgan fingerprint density at radius 3 is 2.50 bits per heavy atom. The van der Waals surface area contributed by atoms with Crippen LogP contribution >= 0.6 is 0 Å². The van der Waals surface area contributed by atoms with Crippen molar-refractivity contribution in [3.8, 4) is 0 Å². The number of rotatable bonds is 0. The monoisotopic (exact) mass is 190 g/mol. The van der Waals surface area contributed by atoms with Crippen LogP contribution in [-0.2, 0) is 0 Å². The number of hydrogen-bond donors (Lipinski definition) is 0. The van der Waals surface area contributed by atoms with Crippen LogP contribution in [-0.4, -0.2) is 5.78 Å². The second-order valence-electron chi connectivity index (χ2n) is 3.45. The quantitative estimate of drug-likeness (QED) is 0.608. The average Bonchev–Trinajstić information content (AvgIpc) is 2.27. The molecule has 1 nitrogen and oxygen atoms in total. The molecule has 1 aliphatic carbocycles. The first kappa shape index (κ1) is 11.0. The molecule has 0 saturated carbocycles. The summed E-state index contributed by atoms with van der Waals surface area (Å²) in [4.78, 5) is 11.4. The Balaban J connectivity index is 0.000000461. The van der Waals surface area contributed by atoms with Crippen LogP contribution in [0.25, 0.3) is 0 Å². The van der Waals surface area contributed by atoms with E-state index in [0.717, 1.165) is 18.4 Å². The van der Waals surface area contributed by atoms with Crippen molar-refractivity contribution in [2.45, 2.75) is 39.5 Å². The van der Waals surface area contributed by atoms with Gasteiger partial charge in [-0.15, -0.1) is 0 Å². The Labute approximate surface area is 86.1 Å². The van der Waals surface area contributed by atoms with Gasteiger partial charge in [-0.2, -0.15) is 0 Å². The smallest absolute Gasteiger partial charge is 0.163 e. The molecule has 14 heavy (non-hydrogen) atoms. The predicted molar refractivity (Wildman–Crippen MR) is 59.8 cm³/mol. The van der Waals surface area contributed by atoms with Gasteiger partial charge in [0.1, 0.15) is 0 Å². The third kappa shape index (κ3) is 2.03. The van der Waals surface area contributed by atoms with E-state index in [0.29, 0.717) is 11.7 Å². The van der Waals surface area contributed by atoms with E-state index in [1.165, 1.54) is 5.56 Å². The van der Waals surface area contributed by atoms with Crippen LogP contribution in [0.5, 0.6) is 0 Å². The summed E-state index contributed by atoms with van der Waals surface area (Å²) in [6.07, 6.45) is 1.73. The van der Waals surface area contributed by atoms with E-state index >= 15 is 0 Å². The molecule has 0 N–H and O–H groups in total. The molecule has 0 aromatic heterocycles. The highest BCUT2D eigenvalue weighted by Crippen LogP contribution is 2.30. The molecule has 1 aromatic rings. The van der Waals surface area contributed by atoms with Crippen molar-refractivity contribution in [3.05, 3.63) is 35.4 Å². The van der Waals surface area contributed by atoms with E-state index in [1.807, 2.05) is 32.0 Å². The van der Waals surface area contributed by atoms with Gasteiger partial charge in [0.25, 0.3) is 0 Å². The zero-order valence-electron chi connectivity index (χ0n) is 9.21. The number of Topliss-reactive ketones (excluding diaryl/α,β-unsaturated/α-hetero) is 1. The Morgan fingerprint density at radius 2 is 1.86 bits per heavy atom. The topological polar surface area (TPSA) is 17.1 Å². The third-order valence-corrected chi connectivity index (χ3v) is 2.60. The number of hydrogen-bond acceptors (Lipinski definition) is 1. The second-order valence-corrected chi connectivity index (χ2v) is 3.45. The van der Waals surface area contributed by atoms with Crippen molar-refractivity contribution >= 4 is 5.78 Å². The standard InChI is InChI=1S/C11H12O.C2H6/c1-8-6-7-11(12)10-5-3-2-4-9(8)10;1-2/h2-5,8H,6-7H2,1H3;1-2H3/t8-;/m1./s1. The minimum atomic E-state index is 0.309. The van der Waals surface area contributed by atoms with Gasteiger partial charge in [-0.05, 0) is 17.9 Å². The molecule has 0 aliphatic heterocycles. The number of carbonyl (C=O) groups is 1. The first-order chi connectivity index (χ1) is 6.79. The summed E-state index contributed by atoms with van der Waals surface area (Å²) in [7, 11) is 0. The molecule has 0 amide bonds. The van der Waals surface area contributed by atoms with Gasteiger partial charge >= 0.3 is 0 Å². The summed E-state index contributed by atoms with van der Waals surface area (Å²) in [6, 6.07) is 7.95. The van der Waals surface area contributed by atoms with E-state index in [-0.39, 0.29) is 0 Å². The normalized spacial score (nSPS) is 19.4. The van der Waals surface area contributed by atoms with Crippen molar-refractivity contribution in [3.63, 3.8) is 0 Å². The fourth-order valence-electron chi connectivity index (χ4n) is 1.82. The average molecular weight is 190 g/mol. The maximum absolute atomic E-state index is 11.4. The van der Waals surface area contributed by atoms with Crippen LogP contribution in [0, 0.1) is 0 Å². The Bertz CT molecular complexity index is 315. The minimum Gasteiger partial charge on any atom is -0.294 e. The Morgan fingerprint density at radius 1 is 1.21 bits per heavy atom. The van der Waals surface area contributed by atoms with Gasteiger partial charge in [0.15, 0.2) is 5.78 Å². The highest BCUT2D eigenvalue weighted by atomic mass is 16.1. The van der Waals surface area contributed by atoms with Crippen molar-refractivity contribution in [2.24, 2.45) is 0 Å². The van der Waals surface area contributed by atoms with Crippen LogP contribution < -0.4 is 0 Å². The lowest BCUT2D eigenvalue weighted by Gasteiger charge is -2.20. The van der Waals surface area contributed by atoms with Gasteiger partial charge in [-0.1, -0.05) is 45.0 Å². The molecule has 0 heterocycles. The first-order valence-electron chi connectivity index (χ1n) is 5.41. The van der Waals surface area contributed by atoms with E-state index in [9.17, 15) is 4.79 Å². The molecule has 0 fully saturated rings. The highest BCUT2D eigenvalue weighted by Gasteiger charge is 2.21. The van der Waals surface area contributed by atoms with Gasteiger partial charge in [-0.3, -0.25) is 4.79 Å². The number of carbonyl (C=O) groups excluding carboxylic acids is 1. The maximum Gasteiger partial charge on any atom is 0.163 e. The Hall–Kier alpha value is -1.11. The van der Waals surface area contributed by atoms with Gasteiger partial charge < -0.3 is 0 Å². The van der Waals surface area contributed by atoms with E-state index in [4.69, 9.17) is 0 Å². The molecule has 0 radical (unpaired) electrons. The van der Waals surface area contributed by atoms with Crippen LogP contribution in [0.15, 0.2) is 24.3 Å². The molecule has 0 saturated heterocycles. The van der Waals surface area contributed by atoms with Crippen molar-refractivity contribution in [1.29, 1.82) is 0 Å². The van der Waals surface area contributed by atoms with E-state index < -0.39 is 0 Å². The largest absolute Gasteiger partial charge is 0.294 e. The number of ketones is 1. The molecule has 1 aromatic carbocycles. The lowest BCUT2D eigenvalue weighted by atomic mass is 9.83. The van der Waals surface area contributed by atoms with Gasteiger partial charge in [0.2, 0.25) is 0 Å². The second kappa shape index (κ2) is 4.94. The molecule has 1 aliphatic rings. The van der Waals surface area contributed by atoms with Crippen molar-refractivity contribution in [2.75, 3.05) is 0 Å². The lowest BCUT2D eigenvalue weighted by Crippen LogP contribution is -2.13. The fraction of sp³-hybridized carbons (Fsp3) is 0.462. The lowest BCUT2D eigenvalue weighted by molar-refractivity contribution is 0.0968. The van der Waals surface area contributed by atoms with Gasteiger partial charge in [0.05, 0.1) is 0 Å². The SMILES string of the molecule is CC.C[C@@H]1CCC(=O)c2ccccc21. The summed E-state index contributed by atoms with van der Waals surface area (Å²) in [5.41, 5.74) is 2.17. The fourth-order valence-corrected chi connectivity index (χ4v) is 1.82. The maximum atomic E-state index is 11.4. The highest BCUT2D eigenvalue weighted by molar-refractivity contribution is 5.98. The van der Waals surface area contributed by atoms with E-state index in [1.54, 1.807) is 0 Å². The summed E-state index contributed by atoms with van der Waals surface area (Å²) in [5, 5.41) is 0. The molecule has 0 bridgehead atoms. The molecule has 0 spiro atoms. The number of benzene rings is 1. The zero-order valence-corrected chi connectivity index (χ0v) is 9.21. The third-order valence-electron chi connectivity index (χ3n) is 2.60. The molecule has 76 valence electrons. The predicted octanol–water partition coefficient (Wildman–Crippen LogP) is 3.79. The molecule has 0 unspecified atom stereocenters. The van der Waals surface area contributed by atoms with Crippen LogP contribution in [0.4, 0.5) is 0 Å². The summed E-state index contributed by atoms with van der Waals surface area (Å²) >= 11 is 0. The zero-order chi connectivity index (χ0) is 10.6. The summed E-state index contributed by atoms with van der Waals surface area (Å²) < 4.78 is 0. The van der Waals surface area contributed by atoms with Crippen LogP contribution in [0.1, 0.15) is 55.5 Å². The van der Waals surface area contributed by atoms with Gasteiger partial charge in [0, 0.05) is 12.0 Å². The van der Waals surface area contributed by atoms with Crippen LogP contribution in [0.3, 0.4) is 0 Å². The molecular formula is C13H18O. The molecule has 2 rings (SSSR count). The van der Waals surface area contributed by atoms with Crippen molar-refractivity contribution < 1.29 is 4.79 Å². The van der Waals surface area contributed by atoms with Crippen LogP contribution in [0.2, 0.25) is 0 Å². The Kier molecular flexibility index (Phi) is 3.87.